The summed E-state index contributed by atoms with van der Waals surface area (Å²) >= 11 is 0. The summed E-state index contributed by atoms with van der Waals surface area (Å²) in [5.74, 6) is 0.808. The zero-order chi connectivity index (χ0) is 11.8. The molecule has 17 heavy (non-hydrogen) atoms. The van der Waals surface area contributed by atoms with Crippen LogP contribution in [0.1, 0.15) is 25.3 Å². The normalized spacial score (nSPS) is 29.4. The Bertz CT molecular complexity index is 403. The van der Waals surface area contributed by atoms with Crippen LogP contribution < -0.4 is 4.90 Å². The summed E-state index contributed by atoms with van der Waals surface area (Å²) in [5, 5.41) is 0. The van der Waals surface area contributed by atoms with Gasteiger partial charge in [0.2, 0.25) is 0 Å². The molecule has 2 heterocycles. The number of hydrogen-bond acceptors (Lipinski definition) is 3. The molecular weight excluding hydrogens is 212 g/mol. The molecule has 1 aliphatic heterocycles. The zero-order valence-corrected chi connectivity index (χ0v) is 10.6. The topological polar surface area (TPSA) is 25.4 Å². The van der Waals surface area contributed by atoms with Crippen LogP contribution in [-0.2, 0) is 4.74 Å². The van der Waals surface area contributed by atoms with Crippen molar-refractivity contribution in [1.29, 1.82) is 0 Å². The Morgan fingerprint density at radius 3 is 2.88 bits per heavy atom. The number of aromatic nitrogens is 1. The maximum Gasteiger partial charge on any atom is 0.0782 e. The van der Waals surface area contributed by atoms with Gasteiger partial charge in [-0.15, -0.1) is 0 Å². The van der Waals surface area contributed by atoms with E-state index in [0.29, 0.717) is 12.2 Å². The van der Waals surface area contributed by atoms with Crippen LogP contribution in [0, 0.1) is 12.8 Å². The lowest BCUT2D eigenvalue weighted by Crippen LogP contribution is -2.47. The van der Waals surface area contributed by atoms with E-state index in [0.717, 1.165) is 19.0 Å². The highest BCUT2D eigenvalue weighted by atomic mass is 16.5. The molecule has 92 valence electrons. The van der Waals surface area contributed by atoms with Gasteiger partial charge >= 0.3 is 0 Å². The average molecular weight is 232 g/mol. The minimum atomic E-state index is 0.335. The highest BCUT2D eigenvalue weighted by Crippen LogP contribution is 2.37. The Morgan fingerprint density at radius 2 is 2.18 bits per heavy atom. The smallest absolute Gasteiger partial charge is 0.0782 e. The lowest BCUT2D eigenvalue weighted by atomic mass is 10.1. The number of hydrogen-bond donors (Lipinski definition) is 0. The van der Waals surface area contributed by atoms with Crippen molar-refractivity contribution in [2.45, 2.75) is 38.9 Å². The average Bonchev–Trinajstić information content (AvgIpc) is 3.12. The summed E-state index contributed by atoms with van der Waals surface area (Å²) in [6.45, 7) is 6.35. The largest absolute Gasteiger partial charge is 0.371 e. The number of aryl methyl sites for hydroxylation is 1. The van der Waals surface area contributed by atoms with Crippen LogP contribution in [-0.4, -0.2) is 30.3 Å². The second-order valence-corrected chi connectivity index (χ2v) is 5.39. The molecule has 2 aliphatic rings. The van der Waals surface area contributed by atoms with Crippen LogP contribution in [0.5, 0.6) is 0 Å². The zero-order valence-electron chi connectivity index (χ0n) is 10.6. The first kappa shape index (κ1) is 11.0. The van der Waals surface area contributed by atoms with Gasteiger partial charge in [0.1, 0.15) is 0 Å². The number of rotatable bonds is 2. The predicted molar refractivity (Wildman–Crippen MR) is 68.2 cm³/mol. The van der Waals surface area contributed by atoms with Gasteiger partial charge in [-0.2, -0.15) is 0 Å². The predicted octanol–water partition coefficient (Wildman–Crippen LogP) is 2.39. The van der Waals surface area contributed by atoms with E-state index in [9.17, 15) is 0 Å². The van der Waals surface area contributed by atoms with Crippen LogP contribution in [0.2, 0.25) is 0 Å². The van der Waals surface area contributed by atoms with Gasteiger partial charge in [-0.3, -0.25) is 4.98 Å². The maximum atomic E-state index is 6.04. The lowest BCUT2D eigenvalue weighted by Gasteiger charge is -2.39. The maximum absolute atomic E-state index is 6.04. The highest BCUT2D eigenvalue weighted by Gasteiger charge is 2.37. The molecule has 3 nitrogen and oxygen atoms in total. The molecule has 0 radical (unpaired) electrons. The van der Waals surface area contributed by atoms with Crippen molar-refractivity contribution in [1.82, 2.24) is 4.98 Å². The van der Waals surface area contributed by atoms with Gasteiger partial charge in [0.15, 0.2) is 0 Å². The van der Waals surface area contributed by atoms with Crippen LogP contribution in [0.15, 0.2) is 18.5 Å². The van der Waals surface area contributed by atoms with E-state index in [4.69, 9.17) is 4.74 Å². The van der Waals surface area contributed by atoms with Crippen molar-refractivity contribution in [2.24, 2.45) is 5.92 Å². The Labute approximate surface area is 103 Å². The van der Waals surface area contributed by atoms with E-state index >= 15 is 0 Å². The van der Waals surface area contributed by atoms with E-state index in [-0.39, 0.29) is 0 Å². The molecule has 1 aromatic heterocycles. The van der Waals surface area contributed by atoms with Gasteiger partial charge in [-0.25, -0.2) is 0 Å². The molecule has 2 fully saturated rings. The Hall–Kier alpha value is -1.09. The van der Waals surface area contributed by atoms with Crippen molar-refractivity contribution in [2.75, 3.05) is 18.0 Å². The fourth-order valence-corrected chi connectivity index (χ4v) is 2.73. The van der Waals surface area contributed by atoms with Crippen LogP contribution in [0.25, 0.3) is 0 Å². The SMILES string of the molecule is Cc1cnccc1N1C[C@@H](C)O[C@@H](C2CC2)C1. The number of ether oxygens (including phenoxy) is 1. The summed E-state index contributed by atoms with van der Waals surface area (Å²) in [5.41, 5.74) is 2.58. The molecule has 1 aliphatic carbocycles. The van der Waals surface area contributed by atoms with Crippen molar-refractivity contribution in [3.8, 4) is 0 Å². The molecule has 1 saturated carbocycles. The van der Waals surface area contributed by atoms with Gasteiger partial charge in [0.25, 0.3) is 0 Å². The van der Waals surface area contributed by atoms with Gasteiger partial charge < -0.3 is 9.64 Å². The van der Waals surface area contributed by atoms with Gasteiger partial charge in [-0.05, 0) is 44.2 Å². The summed E-state index contributed by atoms with van der Waals surface area (Å²) in [7, 11) is 0. The van der Waals surface area contributed by atoms with Gasteiger partial charge in [0.05, 0.1) is 12.2 Å². The molecule has 0 spiro atoms. The lowest BCUT2D eigenvalue weighted by molar-refractivity contribution is -0.0271. The second-order valence-electron chi connectivity index (χ2n) is 5.39. The van der Waals surface area contributed by atoms with E-state index in [1.54, 1.807) is 0 Å². The molecule has 1 aromatic rings. The van der Waals surface area contributed by atoms with E-state index < -0.39 is 0 Å². The molecule has 0 N–H and O–H groups in total. The third-order valence-electron chi connectivity index (χ3n) is 3.76. The van der Waals surface area contributed by atoms with Crippen LogP contribution in [0.3, 0.4) is 0 Å². The highest BCUT2D eigenvalue weighted by molar-refractivity contribution is 5.52. The Kier molecular flexibility index (Phi) is 2.79. The third-order valence-corrected chi connectivity index (χ3v) is 3.76. The molecule has 3 heteroatoms. The molecule has 1 saturated heterocycles. The standard InChI is InChI=1S/C14H20N2O/c1-10-7-15-6-5-13(10)16-8-11(2)17-14(9-16)12-3-4-12/h5-7,11-12,14H,3-4,8-9H2,1-2H3/t11-,14-/m1/s1. The van der Waals surface area contributed by atoms with E-state index in [1.807, 2.05) is 12.4 Å². The third kappa shape index (κ3) is 2.29. The monoisotopic (exact) mass is 232 g/mol. The van der Waals surface area contributed by atoms with Gasteiger partial charge in [-0.1, -0.05) is 0 Å². The van der Waals surface area contributed by atoms with Crippen molar-refractivity contribution in [3.05, 3.63) is 24.0 Å². The quantitative estimate of drug-likeness (QED) is 0.783. The second kappa shape index (κ2) is 4.30. The van der Waals surface area contributed by atoms with E-state index in [1.165, 1.54) is 24.1 Å². The number of morpholine rings is 1. The molecule has 3 rings (SSSR count). The minimum Gasteiger partial charge on any atom is -0.371 e. The van der Waals surface area contributed by atoms with Crippen molar-refractivity contribution in [3.63, 3.8) is 0 Å². The molecular formula is C14H20N2O. The summed E-state index contributed by atoms with van der Waals surface area (Å²) in [6, 6.07) is 2.12. The van der Waals surface area contributed by atoms with Crippen molar-refractivity contribution < 1.29 is 4.74 Å². The molecule has 0 aromatic carbocycles. The number of nitrogens with zero attached hydrogens (tertiary/aromatic N) is 2. The fraction of sp³-hybridized carbons (Fsp3) is 0.643. The summed E-state index contributed by atoms with van der Waals surface area (Å²) in [6.07, 6.45) is 7.30. The fourth-order valence-electron chi connectivity index (χ4n) is 2.73. The first-order valence-electron chi connectivity index (χ1n) is 6.55. The van der Waals surface area contributed by atoms with Crippen molar-refractivity contribution >= 4 is 5.69 Å². The van der Waals surface area contributed by atoms with Gasteiger partial charge in [0, 0.05) is 31.2 Å². The number of pyridine rings is 1. The molecule has 0 amide bonds. The van der Waals surface area contributed by atoms with Crippen LogP contribution >= 0.6 is 0 Å². The minimum absolute atomic E-state index is 0.335. The van der Waals surface area contributed by atoms with E-state index in [2.05, 4.69) is 29.8 Å². The Morgan fingerprint density at radius 1 is 1.35 bits per heavy atom. The number of anilines is 1. The summed E-state index contributed by atoms with van der Waals surface area (Å²) in [4.78, 5) is 6.63. The molecule has 0 unspecified atom stereocenters. The summed E-state index contributed by atoms with van der Waals surface area (Å²) < 4.78 is 6.04. The van der Waals surface area contributed by atoms with Crippen LogP contribution in [0.4, 0.5) is 5.69 Å². The molecule has 2 atom stereocenters. The Balaban J connectivity index is 1.80. The first-order valence-corrected chi connectivity index (χ1v) is 6.55. The molecule has 0 bridgehead atoms. The first-order chi connectivity index (χ1) is 8.24.